The van der Waals surface area contributed by atoms with Crippen LogP contribution in [0.25, 0.3) is 6.08 Å². The molecule has 0 spiro atoms. The lowest BCUT2D eigenvalue weighted by atomic mass is 10.1. The van der Waals surface area contributed by atoms with Gasteiger partial charge in [0.25, 0.3) is 11.8 Å². The van der Waals surface area contributed by atoms with Gasteiger partial charge < -0.3 is 20.7 Å². The third-order valence-electron chi connectivity index (χ3n) is 6.46. The molecule has 0 heterocycles. The number of amides is 3. The molecule has 0 aliphatic carbocycles. The van der Waals surface area contributed by atoms with Crippen molar-refractivity contribution in [2.45, 2.75) is 37.8 Å². The summed E-state index contributed by atoms with van der Waals surface area (Å²) in [7, 11) is 0. The molecular weight excluding hydrogens is 558 g/mol. The van der Waals surface area contributed by atoms with Crippen LogP contribution in [0, 0.1) is 13.8 Å². The smallest absolute Gasteiger partial charge is 0.272 e. The number of hydrogen-bond acceptors (Lipinski definition) is 5. The molecule has 0 aliphatic heterocycles. The highest BCUT2D eigenvalue weighted by Gasteiger charge is 2.17. The lowest BCUT2D eigenvalue weighted by Crippen LogP contribution is -2.30. The Morgan fingerprint density at radius 1 is 0.860 bits per heavy atom. The number of anilines is 2. The predicted molar refractivity (Wildman–Crippen MR) is 174 cm³/mol. The van der Waals surface area contributed by atoms with Crippen LogP contribution >= 0.6 is 11.8 Å². The number of hydrogen-bond donors (Lipinski definition) is 3. The van der Waals surface area contributed by atoms with Crippen molar-refractivity contribution in [3.8, 4) is 5.75 Å². The topological polar surface area (TPSA) is 96.5 Å². The number of aryl methyl sites for hydroxylation is 2. The molecule has 3 N–H and O–H groups in total. The van der Waals surface area contributed by atoms with E-state index in [4.69, 9.17) is 4.74 Å². The van der Waals surface area contributed by atoms with Crippen LogP contribution in [-0.4, -0.2) is 29.6 Å². The normalized spacial score (nSPS) is 11.8. The maximum Gasteiger partial charge on any atom is 0.272 e. The van der Waals surface area contributed by atoms with E-state index in [1.807, 2.05) is 88.4 Å². The molecule has 7 nitrogen and oxygen atoms in total. The lowest BCUT2D eigenvalue weighted by molar-refractivity contribution is -0.115. The average molecular weight is 594 g/mol. The maximum absolute atomic E-state index is 13.4. The molecule has 4 aromatic carbocycles. The zero-order valence-electron chi connectivity index (χ0n) is 24.6. The molecule has 3 amide bonds. The molecule has 0 fully saturated rings. The third-order valence-corrected chi connectivity index (χ3v) is 7.58. The minimum Gasteiger partial charge on any atom is -0.494 e. The second-order valence-corrected chi connectivity index (χ2v) is 11.3. The summed E-state index contributed by atoms with van der Waals surface area (Å²) in [6.07, 6.45) is 1.62. The summed E-state index contributed by atoms with van der Waals surface area (Å²) in [6, 6.07) is 29.1. The molecule has 0 saturated heterocycles. The lowest BCUT2D eigenvalue weighted by Gasteiger charge is -2.15. The predicted octanol–water partition coefficient (Wildman–Crippen LogP) is 7.23. The van der Waals surface area contributed by atoms with Gasteiger partial charge in [0.05, 0.1) is 11.9 Å². The fourth-order valence-electron chi connectivity index (χ4n) is 4.20. The van der Waals surface area contributed by atoms with E-state index in [1.165, 1.54) is 11.8 Å². The van der Waals surface area contributed by atoms with E-state index in [0.717, 1.165) is 27.3 Å². The molecular formula is C35H35N3O4S. The SMILES string of the molecule is CCOc1ccc(/C=C(\NC(=O)c2ccccc2)C(=O)Nc2ccc(SC(C)C(=O)Nc3ccc(C)cc3C)cc2)cc1. The minimum absolute atomic E-state index is 0.0902. The van der Waals surface area contributed by atoms with Crippen molar-refractivity contribution < 1.29 is 19.1 Å². The molecule has 43 heavy (non-hydrogen) atoms. The standard InChI is InChI=1S/C35H35N3O4S/c1-5-42-29-16-12-26(13-17-29)22-32(38-34(40)27-9-7-6-8-10-27)35(41)36-28-14-18-30(19-15-28)43-25(4)33(39)37-31-20-11-23(2)21-24(31)3/h6-22,25H,5H2,1-4H3,(H,36,41)(H,37,39)(H,38,40)/b32-22-. The van der Waals surface area contributed by atoms with Crippen LogP contribution in [0.15, 0.2) is 108 Å². The van der Waals surface area contributed by atoms with Crippen LogP contribution in [0.5, 0.6) is 5.75 Å². The van der Waals surface area contributed by atoms with Crippen molar-refractivity contribution in [3.63, 3.8) is 0 Å². The summed E-state index contributed by atoms with van der Waals surface area (Å²) in [5, 5.41) is 8.28. The zero-order chi connectivity index (χ0) is 30.8. The highest BCUT2D eigenvalue weighted by molar-refractivity contribution is 8.00. The highest BCUT2D eigenvalue weighted by Crippen LogP contribution is 2.27. The first-order valence-corrected chi connectivity index (χ1v) is 14.9. The summed E-state index contributed by atoms with van der Waals surface area (Å²) < 4.78 is 5.50. The van der Waals surface area contributed by atoms with Gasteiger partial charge >= 0.3 is 0 Å². The summed E-state index contributed by atoms with van der Waals surface area (Å²) >= 11 is 1.42. The van der Waals surface area contributed by atoms with E-state index in [0.29, 0.717) is 23.6 Å². The highest BCUT2D eigenvalue weighted by atomic mass is 32.2. The van der Waals surface area contributed by atoms with Gasteiger partial charge in [0.1, 0.15) is 11.4 Å². The van der Waals surface area contributed by atoms with Crippen LogP contribution in [0.1, 0.15) is 40.9 Å². The van der Waals surface area contributed by atoms with Gasteiger partial charge in [-0.05, 0) is 99.5 Å². The number of benzene rings is 4. The van der Waals surface area contributed by atoms with Crippen LogP contribution in [-0.2, 0) is 9.59 Å². The van der Waals surface area contributed by atoms with Crippen molar-refractivity contribution in [2.75, 3.05) is 17.2 Å². The van der Waals surface area contributed by atoms with Gasteiger partial charge in [0.2, 0.25) is 5.91 Å². The second kappa shape index (κ2) is 14.9. The Hall–Kier alpha value is -4.82. The van der Waals surface area contributed by atoms with Crippen LogP contribution in [0.4, 0.5) is 11.4 Å². The monoisotopic (exact) mass is 593 g/mol. The van der Waals surface area contributed by atoms with E-state index in [-0.39, 0.29) is 16.9 Å². The van der Waals surface area contributed by atoms with E-state index in [2.05, 4.69) is 16.0 Å². The van der Waals surface area contributed by atoms with Gasteiger partial charge in [0.15, 0.2) is 0 Å². The quantitative estimate of drug-likeness (QED) is 0.126. The molecule has 8 heteroatoms. The number of carbonyl (C=O) groups is 3. The minimum atomic E-state index is -0.472. The maximum atomic E-state index is 13.4. The Balaban J connectivity index is 1.43. The summed E-state index contributed by atoms with van der Waals surface area (Å²) in [4.78, 5) is 39.9. The first-order chi connectivity index (χ1) is 20.7. The van der Waals surface area contributed by atoms with Crippen LogP contribution in [0.3, 0.4) is 0 Å². The molecule has 4 rings (SSSR count). The van der Waals surface area contributed by atoms with E-state index in [9.17, 15) is 14.4 Å². The first-order valence-electron chi connectivity index (χ1n) is 14.0. The number of rotatable bonds is 11. The largest absolute Gasteiger partial charge is 0.494 e. The van der Waals surface area contributed by atoms with Gasteiger partial charge in [-0.2, -0.15) is 0 Å². The molecule has 0 aromatic heterocycles. The molecule has 0 bridgehead atoms. The van der Waals surface area contributed by atoms with Crippen molar-refractivity contribution in [1.82, 2.24) is 5.32 Å². The Morgan fingerprint density at radius 3 is 2.21 bits per heavy atom. The van der Waals surface area contributed by atoms with Crippen molar-refractivity contribution in [1.29, 1.82) is 0 Å². The van der Waals surface area contributed by atoms with Crippen molar-refractivity contribution >= 4 is 46.9 Å². The van der Waals surface area contributed by atoms with Gasteiger partial charge in [-0.25, -0.2) is 0 Å². The Morgan fingerprint density at radius 2 is 1.56 bits per heavy atom. The Bertz CT molecular complexity index is 1600. The van der Waals surface area contributed by atoms with Gasteiger partial charge in [-0.3, -0.25) is 14.4 Å². The van der Waals surface area contributed by atoms with Crippen LogP contribution < -0.4 is 20.7 Å². The average Bonchev–Trinajstić information content (AvgIpc) is 3.00. The number of thioether (sulfide) groups is 1. The molecule has 4 aromatic rings. The number of nitrogens with one attached hydrogen (secondary N) is 3. The number of carbonyl (C=O) groups excluding carboxylic acids is 3. The zero-order valence-corrected chi connectivity index (χ0v) is 25.5. The van der Waals surface area contributed by atoms with E-state index in [1.54, 1.807) is 42.5 Å². The Labute approximate surface area is 256 Å². The molecule has 1 unspecified atom stereocenters. The summed E-state index contributed by atoms with van der Waals surface area (Å²) in [5.41, 5.74) is 4.76. The van der Waals surface area contributed by atoms with Crippen molar-refractivity contribution in [2.24, 2.45) is 0 Å². The first kappa shape index (κ1) is 31.1. The van der Waals surface area contributed by atoms with Crippen molar-refractivity contribution in [3.05, 3.63) is 125 Å². The molecule has 0 radical (unpaired) electrons. The molecule has 0 aliphatic rings. The summed E-state index contributed by atoms with van der Waals surface area (Å²) in [5.74, 6) is -0.242. The van der Waals surface area contributed by atoms with Gasteiger partial charge in [-0.15, -0.1) is 11.8 Å². The second-order valence-electron chi connectivity index (χ2n) is 9.93. The van der Waals surface area contributed by atoms with Gasteiger partial charge in [-0.1, -0.05) is 48.0 Å². The fourth-order valence-corrected chi connectivity index (χ4v) is 5.06. The summed E-state index contributed by atoms with van der Waals surface area (Å²) in [6.45, 7) is 8.30. The van der Waals surface area contributed by atoms with E-state index >= 15 is 0 Å². The molecule has 1 atom stereocenters. The van der Waals surface area contributed by atoms with Crippen LogP contribution in [0.2, 0.25) is 0 Å². The van der Waals surface area contributed by atoms with E-state index < -0.39 is 11.8 Å². The fraction of sp³-hybridized carbons (Fsp3) is 0.171. The molecule has 0 saturated carbocycles. The van der Waals surface area contributed by atoms with Gasteiger partial charge in [0, 0.05) is 21.8 Å². The number of ether oxygens (including phenoxy) is 1. The third kappa shape index (κ3) is 9.08. The molecule has 220 valence electrons. The Kier molecular flexibility index (Phi) is 10.8.